The van der Waals surface area contributed by atoms with Gasteiger partial charge in [0.15, 0.2) is 0 Å². The number of nitrogens with two attached hydrogens (primary N) is 1. The van der Waals surface area contributed by atoms with Gasteiger partial charge in [0.05, 0.1) is 63.5 Å². The zero-order valence-corrected chi connectivity index (χ0v) is 48.1. The van der Waals surface area contributed by atoms with Gasteiger partial charge in [0, 0.05) is 70.4 Å². The number of benzene rings is 2. The second-order valence-corrected chi connectivity index (χ2v) is 21.2. The lowest BCUT2D eigenvalue weighted by Gasteiger charge is -2.32. The van der Waals surface area contributed by atoms with E-state index < -0.39 is 33.0 Å². The fraction of sp³-hybridized carbons (Fsp3) is 0.273. The molecule has 0 aliphatic heterocycles. The molecule has 8 aromatic heterocycles. The fourth-order valence-corrected chi connectivity index (χ4v) is 9.62. The number of sulfone groups is 1. The van der Waals surface area contributed by atoms with E-state index >= 15 is 0 Å². The highest BCUT2D eigenvalue weighted by Crippen LogP contribution is 2.38. The highest BCUT2D eigenvalue weighted by Gasteiger charge is 2.30. The van der Waals surface area contributed by atoms with Crippen LogP contribution in [0, 0.1) is 41.5 Å². The SMILES string of the molecule is Cc1cnc(NC2CC[C@H]2O)nc1-c1cn(-c2ccccc2)c2nc(-c3c(C)noc3C)ccc12.Cc1cnc(S(C)(=O)=O)nc1-c1cn(-c2ccccc2)c2nc(-c3c(C)noc3C)ccc12.Cl.N[C@H]1CC[C@H]1O.O=S=O.O=S=O. The Bertz CT molecular complexity index is 3970. The Morgan fingerprint density at radius 2 is 1.04 bits per heavy atom. The van der Waals surface area contributed by atoms with Crippen molar-refractivity contribution in [2.75, 3.05) is 11.6 Å². The maximum Gasteiger partial charge on any atom is 0.335 e. The molecule has 2 aromatic carbocycles. The van der Waals surface area contributed by atoms with E-state index in [1.165, 1.54) is 6.20 Å². The first kappa shape index (κ1) is 60.6. The van der Waals surface area contributed by atoms with Crippen LogP contribution >= 0.6 is 12.4 Å². The molecule has 0 saturated heterocycles. The molecule has 26 heteroatoms. The number of aryl methyl sites for hydroxylation is 6. The van der Waals surface area contributed by atoms with Gasteiger partial charge < -0.3 is 39.4 Å². The van der Waals surface area contributed by atoms with Crippen LogP contribution in [-0.4, -0.2) is 115 Å². The number of nitrogens with one attached hydrogen (secondary N) is 1. The Labute approximate surface area is 478 Å². The molecule has 2 saturated carbocycles. The van der Waals surface area contributed by atoms with E-state index in [4.69, 9.17) is 51.7 Å². The molecule has 5 N–H and O–H groups in total. The molecule has 422 valence electrons. The lowest BCUT2D eigenvalue weighted by molar-refractivity contribution is 0.0693. The lowest BCUT2D eigenvalue weighted by atomic mass is 9.89. The van der Waals surface area contributed by atoms with E-state index in [1.807, 2.05) is 125 Å². The van der Waals surface area contributed by atoms with Crippen LogP contribution in [0.4, 0.5) is 5.95 Å². The van der Waals surface area contributed by atoms with Gasteiger partial charge in [0.25, 0.3) is 0 Å². The van der Waals surface area contributed by atoms with Crippen LogP contribution in [0.5, 0.6) is 0 Å². The minimum Gasteiger partial charge on any atom is -0.392 e. The van der Waals surface area contributed by atoms with Crippen molar-refractivity contribution in [3.05, 3.63) is 144 Å². The van der Waals surface area contributed by atoms with Crippen LogP contribution in [0.2, 0.25) is 0 Å². The molecule has 1 unspecified atom stereocenters. The van der Waals surface area contributed by atoms with Gasteiger partial charge in [-0.05, 0) is 127 Å². The molecule has 0 spiro atoms. The van der Waals surface area contributed by atoms with E-state index in [0.29, 0.717) is 23.0 Å². The largest absolute Gasteiger partial charge is 0.392 e. The van der Waals surface area contributed by atoms with Crippen LogP contribution in [0.3, 0.4) is 0 Å². The van der Waals surface area contributed by atoms with E-state index in [0.717, 1.165) is 127 Å². The summed E-state index contributed by atoms with van der Waals surface area (Å²) in [5.41, 5.74) is 18.5. The molecule has 4 atom stereocenters. The predicted octanol–water partition coefficient (Wildman–Crippen LogP) is 8.01. The molecule has 12 rings (SSSR count). The monoisotopic (exact) mass is 1180 g/mol. The van der Waals surface area contributed by atoms with Crippen LogP contribution in [0.25, 0.3) is 78.5 Å². The van der Waals surface area contributed by atoms with E-state index in [-0.39, 0.29) is 41.9 Å². The number of aliphatic hydroxyl groups is 2. The van der Waals surface area contributed by atoms with Crippen LogP contribution in [0.15, 0.2) is 124 Å². The average molecular weight is 1180 g/mol. The van der Waals surface area contributed by atoms with E-state index in [2.05, 4.69) is 59.5 Å². The summed E-state index contributed by atoms with van der Waals surface area (Å²) in [7, 11) is -3.56. The van der Waals surface area contributed by atoms with Crippen molar-refractivity contribution >= 4 is 73.4 Å². The number of para-hydroxylation sites is 2. The first-order valence-corrected chi connectivity index (χ1v) is 28.2. The Kier molecular flexibility index (Phi) is 19.8. The molecule has 2 aliphatic rings. The van der Waals surface area contributed by atoms with Gasteiger partial charge >= 0.3 is 23.1 Å². The van der Waals surface area contributed by atoms with Crippen molar-refractivity contribution < 1.29 is 44.5 Å². The number of pyridine rings is 2. The standard InChI is InChI=1S/C27H26N6O2.C24H21N5O3S.C4H9NO.ClH.2O2S/c1-15-13-28-27(30-21-11-12-23(21)34)31-25(15)20-14-33(18-7-5-4-6-8-18)26-19(20)9-10-22(29-26)24-16(2)32-35-17(24)3;1-14-12-25-24(33(4,30)31)27-22(14)19-13-29(17-8-6-5-7-9-17)23-18(19)10-11-20(26-23)21-15(2)28-32-16(21)3;5-3-1-2-4(3)6;;2*1-3-2/h4-10,13-14,21,23,34H,11-12H2,1-3H3,(H,28,30,31);5-13H,1-4H3;3-4,6H,1-2,5H2;1H;;/t21?,23-;;3-,4+;;;/m1.0.../s1. The molecule has 22 nitrogen and oxygen atoms in total. The van der Waals surface area contributed by atoms with Crippen molar-refractivity contribution in [1.82, 2.24) is 49.4 Å². The maximum atomic E-state index is 12.1. The summed E-state index contributed by atoms with van der Waals surface area (Å²) in [5.74, 6) is 1.96. The van der Waals surface area contributed by atoms with Crippen molar-refractivity contribution in [3.63, 3.8) is 0 Å². The number of hydrogen-bond donors (Lipinski definition) is 4. The zero-order valence-electron chi connectivity index (χ0n) is 44.9. The molecule has 81 heavy (non-hydrogen) atoms. The smallest absolute Gasteiger partial charge is 0.335 e. The minimum absolute atomic E-state index is 0. The molecular weight excluding hydrogens is 1120 g/mol. The maximum absolute atomic E-state index is 12.1. The summed E-state index contributed by atoms with van der Waals surface area (Å²) < 4.78 is 72.2. The minimum atomic E-state index is -3.56. The second-order valence-electron chi connectivity index (χ2n) is 19.1. The number of aliphatic hydroxyl groups excluding tert-OH is 2. The van der Waals surface area contributed by atoms with Gasteiger partial charge in [0.2, 0.25) is 20.9 Å². The van der Waals surface area contributed by atoms with Crippen molar-refractivity contribution in [1.29, 1.82) is 0 Å². The summed E-state index contributed by atoms with van der Waals surface area (Å²) in [6.45, 7) is 11.4. The van der Waals surface area contributed by atoms with Crippen molar-refractivity contribution in [2.45, 2.75) is 96.7 Å². The highest BCUT2D eigenvalue weighted by molar-refractivity contribution is 7.90. The third kappa shape index (κ3) is 13.4. The quantitative estimate of drug-likeness (QED) is 0.0994. The molecule has 2 fully saturated rings. The molecule has 0 bridgehead atoms. The summed E-state index contributed by atoms with van der Waals surface area (Å²) in [4.78, 5) is 27.8. The number of nitrogens with zero attached hydrogens (tertiary/aromatic N) is 10. The van der Waals surface area contributed by atoms with Gasteiger partial charge in [0.1, 0.15) is 22.8 Å². The predicted molar refractivity (Wildman–Crippen MR) is 308 cm³/mol. The molecular formula is C55H57ClN12O10S3. The number of anilines is 1. The highest BCUT2D eigenvalue weighted by atomic mass is 35.5. The molecule has 10 aromatic rings. The summed E-state index contributed by atoms with van der Waals surface area (Å²) in [5, 5.41) is 31.6. The Morgan fingerprint density at radius 3 is 1.40 bits per heavy atom. The number of rotatable bonds is 9. The molecule has 2 aliphatic carbocycles. The van der Waals surface area contributed by atoms with Crippen LogP contribution in [-0.2, 0) is 33.0 Å². The molecule has 8 heterocycles. The normalized spacial score (nSPS) is 16.0. The first-order chi connectivity index (χ1) is 38.4. The zero-order chi connectivity index (χ0) is 57.4. The van der Waals surface area contributed by atoms with Crippen molar-refractivity contribution in [3.8, 4) is 56.4 Å². The first-order valence-electron chi connectivity index (χ1n) is 25.0. The number of aromatic nitrogens is 10. The molecule has 0 radical (unpaired) electrons. The van der Waals surface area contributed by atoms with Crippen LogP contribution in [0.1, 0.15) is 59.7 Å². The lowest BCUT2D eigenvalue weighted by Crippen LogP contribution is -2.43. The summed E-state index contributed by atoms with van der Waals surface area (Å²) in [6, 6.07) is 28.1. The molecule has 0 amide bonds. The van der Waals surface area contributed by atoms with Crippen LogP contribution < -0.4 is 11.1 Å². The Hall–Kier alpha value is -8.04. The van der Waals surface area contributed by atoms with E-state index in [9.17, 15) is 13.5 Å². The third-order valence-corrected chi connectivity index (χ3v) is 14.4. The Morgan fingerprint density at radius 1 is 0.605 bits per heavy atom. The summed E-state index contributed by atoms with van der Waals surface area (Å²) >= 11 is -1.50. The number of fused-ring (bicyclic) bond motifs is 2. The number of hydrogen-bond acceptors (Lipinski definition) is 20. The van der Waals surface area contributed by atoms with Gasteiger partial charge in [-0.3, -0.25) is 0 Å². The topological polar surface area (TPSA) is 320 Å². The van der Waals surface area contributed by atoms with Gasteiger partial charge in [-0.15, -0.1) is 12.4 Å². The number of halogens is 1. The van der Waals surface area contributed by atoms with Gasteiger partial charge in [-0.2, -0.15) is 16.8 Å². The van der Waals surface area contributed by atoms with E-state index in [1.54, 1.807) is 0 Å². The fourth-order valence-electron chi connectivity index (χ4n) is 9.11. The van der Waals surface area contributed by atoms with Gasteiger partial charge in [-0.25, -0.2) is 38.3 Å². The Balaban J connectivity index is 0.000000193. The summed E-state index contributed by atoms with van der Waals surface area (Å²) in [6.07, 6.45) is 11.6. The average Bonchev–Trinajstić information content (AvgIpc) is 4.40. The second kappa shape index (κ2) is 26.5. The van der Waals surface area contributed by atoms with Gasteiger partial charge in [-0.1, -0.05) is 46.7 Å². The van der Waals surface area contributed by atoms with Crippen molar-refractivity contribution in [2.24, 2.45) is 5.73 Å². The third-order valence-electron chi connectivity index (χ3n) is 13.6.